The van der Waals surface area contributed by atoms with E-state index in [2.05, 4.69) is 15.3 Å². The Labute approximate surface area is 140 Å². The largest absolute Gasteiger partial charge is 0.370 e. The van der Waals surface area contributed by atoms with Gasteiger partial charge >= 0.3 is 0 Å². The topological polar surface area (TPSA) is 218 Å². The monoisotopic (exact) mass is 342 g/mol. The minimum absolute atomic E-state index is 0.0366. The summed E-state index contributed by atoms with van der Waals surface area (Å²) in [7, 11) is 0. The number of ketones is 1. The predicted molar refractivity (Wildman–Crippen MR) is 90.8 cm³/mol. The molecule has 0 radical (unpaired) electrons. The smallest absolute Gasteiger partial charge is 0.237 e. The maximum Gasteiger partial charge on any atom is 0.237 e. The van der Waals surface area contributed by atoms with Crippen molar-refractivity contribution >= 4 is 29.9 Å². The standard InChI is InChI=1S/C13H26N8O3/c14-8(3-1-5-19-12(15)16)11(24)21-9(10(23)7-22)4-2-6-20-13(17)18/h7-9H,1-6,14H2,(H,21,24)(H4,15,16,19)(H4,17,18,20)/t8-,9-/m0/s1. The zero-order valence-corrected chi connectivity index (χ0v) is 13.5. The molecule has 0 rings (SSSR count). The Bertz CT molecular complexity index is 484. The van der Waals surface area contributed by atoms with Crippen LogP contribution in [0.4, 0.5) is 0 Å². The van der Waals surface area contributed by atoms with Gasteiger partial charge < -0.3 is 34.0 Å². The zero-order chi connectivity index (χ0) is 18.5. The number of Topliss-reactive ketones (excluding diaryl/α,β-unsaturated/α-hetero) is 1. The van der Waals surface area contributed by atoms with Crippen LogP contribution in [0.2, 0.25) is 0 Å². The van der Waals surface area contributed by atoms with Crippen molar-refractivity contribution in [1.29, 1.82) is 0 Å². The molecule has 2 atom stereocenters. The highest BCUT2D eigenvalue weighted by Crippen LogP contribution is 2.02. The lowest BCUT2D eigenvalue weighted by Crippen LogP contribution is -2.48. The number of guanidine groups is 2. The number of hydrogen-bond acceptors (Lipinski definition) is 6. The van der Waals surface area contributed by atoms with Crippen molar-refractivity contribution in [2.45, 2.75) is 37.8 Å². The van der Waals surface area contributed by atoms with Gasteiger partial charge in [-0.15, -0.1) is 0 Å². The summed E-state index contributed by atoms with van der Waals surface area (Å²) in [5.74, 6) is -1.37. The Kier molecular flexibility index (Phi) is 10.5. The van der Waals surface area contributed by atoms with Crippen molar-refractivity contribution < 1.29 is 14.4 Å². The van der Waals surface area contributed by atoms with E-state index < -0.39 is 23.8 Å². The summed E-state index contributed by atoms with van der Waals surface area (Å²) in [6.45, 7) is 0.629. The van der Waals surface area contributed by atoms with Crippen molar-refractivity contribution in [3.63, 3.8) is 0 Å². The maximum atomic E-state index is 12.0. The van der Waals surface area contributed by atoms with Crippen molar-refractivity contribution in [2.75, 3.05) is 13.1 Å². The number of nitrogens with two attached hydrogens (primary N) is 5. The third kappa shape index (κ3) is 10.1. The van der Waals surface area contributed by atoms with Crippen molar-refractivity contribution in [2.24, 2.45) is 38.7 Å². The van der Waals surface area contributed by atoms with Gasteiger partial charge in [-0.1, -0.05) is 0 Å². The zero-order valence-electron chi connectivity index (χ0n) is 13.5. The van der Waals surface area contributed by atoms with Gasteiger partial charge in [0.2, 0.25) is 11.7 Å². The van der Waals surface area contributed by atoms with E-state index in [4.69, 9.17) is 28.7 Å². The van der Waals surface area contributed by atoms with Crippen LogP contribution in [0.25, 0.3) is 0 Å². The molecule has 0 saturated carbocycles. The molecule has 0 heterocycles. The number of nitrogens with zero attached hydrogens (tertiary/aromatic N) is 2. The molecule has 0 aromatic heterocycles. The highest BCUT2D eigenvalue weighted by Gasteiger charge is 2.22. The van der Waals surface area contributed by atoms with Crippen LogP contribution < -0.4 is 34.0 Å². The minimum Gasteiger partial charge on any atom is -0.370 e. The fourth-order valence-corrected chi connectivity index (χ4v) is 1.80. The molecule has 0 aliphatic rings. The normalized spacial score (nSPS) is 12.5. The molecule has 136 valence electrons. The molecule has 0 aromatic rings. The average molecular weight is 342 g/mol. The molecule has 0 bridgehead atoms. The van der Waals surface area contributed by atoms with E-state index in [0.717, 1.165) is 0 Å². The van der Waals surface area contributed by atoms with Crippen LogP contribution in [-0.4, -0.2) is 55.1 Å². The van der Waals surface area contributed by atoms with Gasteiger partial charge in [-0.3, -0.25) is 24.4 Å². The first kappa shape index (κ1) is 21.3. The van der Waals surface area contributed by atoms with Crippen LogP contribution in [0.5, 0.6) is 0 Å². The fraction of sp³-hybridized carbons (Fsp3) is 0.615. The van der Waals surface area contributed by atoms with Crippen LogP contribution in [0.1, 0.15) is 25.7 Å². The molecule has 0 fully saturated rings. The SMILES string of the molecule is NC(N)=NCCC[C@H](NC(=O)[C@@H](N)CCCN=C(N)N)C(=O)C=O. The van der Waals surface area contributed by atoms with E-state index in [9.17, 15) is 14.4 Å². The maximum absolute atomic E-state index is 12.0. The third-order valence-electron chi connectivity index (χ3n) is 3.03. The van der Waals surface area contributed by atoms with Gasteiger partial charge in [-0.25, -0.2) is 0 Å². The molecule has 0 aliphatic carbocycles. The molecule has 24 heavy (non-hydrogen) atoms. The molecule has 11 heteroatoms. The second-order valence-corrected chi connectivity index (χ2v) is 5.09. The average Bonchev–Trinajstić information content (AvgIpc) is 2.52. The Balaban J connectivity index is 4.41. The molecule has 0 aromatic carbocycles. The van der Waals surface area contributed by atoms with Crippen molar-refractivity contribution in [1.82, 2.24) is 5.32 Å². The Morgan fingerprint density at radius 2 is 1.46 bits per heavy atom. The second kappa shape index (κ2) is 11.8. The second-order valence-electron chi connectivity index (χ2n) is 5.09. The van der Waals surface area contributed by atoms with Gasteiger partial charge in [0.15, 0.2) is 18.2 Å². The molecule has 0 aliphatic heterocycles. The number of aldehydes is 1. The number of nitrogens with one attached hydrogen (secondary N) is 1. The van der Waals surface area contributed by atoms with Crippen LogP contribution in [-0.2, 0) is 14.4 Å². The van der Waals surface area contributed by atoms with Crippen LogP contribution in [0.3, 0.4) is 0 Å². The van der Waals surface area contributed by atoms with Gasteiger partial charge in [0.05, 0.1) is 12.1 Å². The molecule has 1 amide bonds. The summed E-state index contributed by atoms with van der Waals surface area (Å²) in [5, 5.41) is 2.46. The van der Waals surface area contributed by atoms with E-state index in [1.807, 2.05) is 0 Å². The van der Waals surface area contributed by atoms with Crippen molar-refractivity contribution in [3.05, 3.63) is 0 Å². The van der Waals surface area contributed by atoms with Gasteiger partial charge in [0.25, 0.3) is 0 Å². The summed E-state index contributed by atoms with van der Waals surface area (Å²) < 4.78 is 0. The van der Waals surface area contributed by atoms with Crippen LogP contribution in [0.15, 0.2) is 9.98 Å². The number of rotatable bonds is 12. The minimum atomic E-state index is -0.951. The first-order valence-electron chi connectivity index (χ1n) is 7.43. The number of aliphatic imine (C=N–C) groups is 2. The molecular weight excluding hydrogens is 316 g/mol. The Morgan fingerprint density at radius 1 is 0.958 bits per heavy atom. The number of amides is 1. The van der Waals surface area contributed by atoms with E-state index in [0.29, 0.717) is 25.8 Å². The lowest BCUT2D eigenvalue weighted by atomic mass is 10.1. The predicted octanol–water partition coefficient (Wildman–Crippen LogP) is -3.33. The summed E-state index contributed by atoms with van der Waals surface area (Å²) in [6.07, 6.45) is 1.64. The van der Waals surface area contributed by atoms with Crippen LogP contribution >= 0.6 is 0 Å². The van der Waals surface area contributed by atoms with E-state index in [1.54, 1.807) is 0 Å². The molecule has 11 nitrogen and oxygen atoms in total. The molecule has 0 unspecified atom stereocenters. The first-order chi connectivity index (χ1) is 11.3. The number of carbonyl (C=O) groups is 3. The summed E-state index contributed by atoms with van der Waals surface area (Å²) >= 11 is 0. The number of hydrogen-bond donors (Lipinski definition) is 6. The van der Waals surface area contributed by atoms with E-state index in [1.165, 1.54) is 0 Å². The number of carbonyl (C=O) groups excluding carboxylic acids is 3. The quantitative estimate of drug-likeness (QED) is 0.0690. The fourth-order valence-electron chi connectivity index (χ4n) is 1.80. The first-order valence-corrected chi connectivity index (χ1v) is 7.43. The van der Waals surface area contributed by atoms with Crippen molar-refractivity contribution in [3.8, 4) is 0 Å². The lowest BCUT2D eigenvalue weighted by Gasteiger charge is -2.18. The summed E-state index contributed by atoms with van der Waals surface area (Å²) in [5.41, 5.74) is 26.5. The van der Waals surface area contributed by atoms with Gasteiger partial charge in [0.1, 0.15) is 0 Å². The third-order valence-corrected chi connectivity index (χ3v) is 3.03. The van der Waals surface area contributed by atoms with Crippen LogP contribution in [0, 0.1) is 0 Å². The lowest BCUT2D eigenvalue weighted by molar-refractivity contribution is -0.133. The van der Waals surface area contributed by atoms with Gasteiger partial charge in [0, 0.05) is 13.1 Å². The van der Waals surface area contributed by atoms with E-state index in [-0.39, 0.29) is 31.2 Å². The van der Waals surface area contributed by atoms with E-state index >= 15 is 0 Å². The molecule has 0 spiro atoms. The Hall–Kier alpha value is -2.69. The highest BCUT2D eigenvalue weighted by atomic mass is 16.2. The molecule has 0 saturated heterocycles. The van der Waals surface area contributed by atoms with Gasteiger partial charge in [-0.2, -0.15) is 0 Å². The highest BCUT2D eigenvalue weighted by molar-refractivity contribution is 6.27. The summed E-state index contributed by atoms with van der Waals surface area (Å²) in [4.78, 5) is 41.8. The molecular formula is C13H26N8O3. The molecule has 11 N–H and O–H groups in total. The summed E-state index contributed by atoms with van der Waals surface area (Å²) in [6, 6.07) is -1.79. The Morgan fingerprint density at radius 3 is 1.92 bits per heavy atom. The van der Waals surface area contributed by atoms with Gasteiger partial charge in [-0.05, 0) is 25.7 Å².